The number of benzene rings is 2. The van der Waals surface area contributed by atoms with Crippen LogP contribution in [0.1, 0.15) is 22.9 Å². The van der Waals surface area contributed by atoms with E-state index in [2.05, 4.69) is 4.57 Å². The zero-order valence-corrected chi connectivity index (χ0v) is 14.9. The van der Waals surface area contributed by atoms with Crippen molar-refractivity contribution < 1.29 is 8.42 Å². The lowest BCUT2D eigenvalue weighted by molar-refractivity contribution is 0.298. The summed E-state index contributed by atoms with van der Waals surface area (Å²) in [4.78, 5) is 0.340. The first-order valence-electron chi connectivity index (χ1n) is 8.36. The molecule has 0 N–H and O–H groups in total. The number of aromatic nitrogens is 1. The molecule has 0 fully saturated rings. The third-order valence-electron chi connectivity index (χ3n) is 4.74. The molecule has 0 unspecified atom stereocenters. The van der Waals surface area contributed by atoms with E-state index in [4.69, 9.17) is 0 Å². The van der Waals surface area contributed by atoms with E-state index in [0.29, 0.717) is 18.0 Å². The van der Waals surface area contributed by atoms with Gasteiger partial charge in [0, 0.05) is 25.0 Å². The fourth-order valence-corrected chi connectivity index (χ4v) is 5.04. The summed E-state index contributed by atoms with van der Waals surface area (Å²) in [7, 11) is -3.57. The van der Waals surface area contributed by atoms with Crippen LogP contribution in [-0.4, -0.2) is 23.8 Å². The molecular weight excluding hydrogens is 332 g/mol. The largest absolute Gasteiger partial charge is 0.348 e. The molecule has 2 heterocycles. The molecule has 4 rings (SSSR count). The molecule has 25 heavy (non-hydrogen) atoms. The number of rotatable bonds is 3. The molecule has 128 valence electrons. The lowest BCUT2D eigenvalue weighted by atomic mass is 10.0. The molecule has 0 saturated carbocycles. The molecule has 1 aliphatic rings. The lowest BCUT2D eigenvalue weighted by Gasteiger charge is -2.36. The van der Waals surface area contributed by atoms with Gasteiger partial charge in [-0.1, -0.05) is 48.0 Å². The van der Waals surface area contributed by atoms with Gasteiger partial charge in [-0.2, -0.15) is 4.31 Å². The minimum Gasteiger partial charge on any atom is -0.348 e. The first kappa shape index (κ1) is 16.1. The zero-order valence-electron chi connectivity index (χ0n) is 14.0. The Labute approximate surface area is 148 Å². The number of hydrogen-bond donors (Lipinski definition) is 0. The van der Waals surface area contributed by atoms with E-state index in [1.165, 1.54) is 0 Å². The molecule has 1 aromatic heterocycles. The topological polar surface area (TPSA) is 42.3 Å². The van der Waals surface area contributed by atoms with Crippen LogP contribution < -0.4 is 0 Å². The smallest absolute Gasteiger partial charge is 0.244 e. The van der Waals surface area contributed by atoms with Gasteiger partial charge in [-0.3, -0.25) is 0 Å². The molecule has 0 aliphatic carbocycles. The Morgan fingerprint density at radius 3 is 2.32 bits per heavy atom. The molecule has 5 heteroatoms. The standard InChI is InChI=1S/C20H20N2O2S/c1-16-9-11-17(12-10-16)20-19-8-5-13-21(19)14-15-22(20)25(23,24)18-6-3-2-4-7-18/h2-13,20H,14-15H2,1H3/t20-/m1/s1. The van der Waals surface area contributed by atoms with Gasteiger partial charge >= 0.3 is 0 Å². The molecule has 4 nitrogen and oxygen atoms in total. The Hall–Kier alpha value is -2.37. The molecule has 0 amide bonds. The van der Waals surface area contributed by atoms with Gasteiger partial charge in [0.15, 0.2) is 0 Å². The highest BCUT2D eigenvalue weighted by Gasteiger charge is 2.37. The van der Waals surface area contributed by atoms with Gasteiger partial charge in [-0.05, 0) is 36.8 Å². The molecule has 2 aromatic carbocycles. The van der Waals surface area contributed by atoms with Gasteiger partial charge in [-0.15, -0.1) is 0 Å². The van der Waals surface area contributed by atoms with Gasteiger partial charge in [0.05, 0.1) is 10.9 Å². The summed E-state index contributed by atoms with van der Waals surface area (Å²) in [5, 5.41) is 0. The summed E-state index contributed by atoms with van der Waals surface area (Å²) >= 11 is 0. The SMILES string of the molecule is Cc1ccc([C@@H]2c3cccn3CCN2S(=O)(=O)c2ccccc2)cc1. The third kappa shape index (κ3) is 2.79. The highest BCUT2D eigenvalue weighted by molar-refractivity contribution is 7.89. The second-order valence-electron chi connectivity index (χ2n) is 6.37. The van der Waals surface area contributed by atoms with E-state index in [1.54, 1.807) is 28.6 Å². The van der Waals surface area contributed by atoms with Crippen molar-refractivity contribution in [3.63, 3.8) is 0 Å². The van der Waals surface area contributed by atoms with Crippen molar-refractivity contribution in [3.05, 3.63) is 89.7 Å². The average Bonchev–Trinajstić information content (AvgIpc) is 3.11. The summed E-state index contributed by atoms with van der Waals surface area (Å²) in [6, 6.07) is 20.5. The van der Waals surface area contributed by atoms with Crippen molar-refractivity contribution >= 4 is 10.0 Å². The van der Waals surface area contributed by atoms with Gasteiger partial charge in [-0.25, -0.2) is 8.42 Å². The molecule has 0 saturated heterocycles. The van der Waals surface area contributed by atoms with Crippen molar-refractivity contribution in [3.8, 4) is 0 Å². The quantitative estimate of drug-likeness (QED) is 0.723. The van der Waals surface area contributed by atoms with E-state index >= 15 is 0 Å². The highest BCUT2D eigenvalue weighted by atomic mass is 32.2. The Bertz CT molecular complexity index is 976. The lowest BCUT2D eigenvalue weighted by Crippen LogP contribution is -2.42. The maximum Gasteiger partial charge on any atom is 0.244 e. The highest BCUT2D eigenvalue weighted by Crippen LogP contribution is 2.36. The first-order chi connectivity index (χ1) is 12.1. The minimum absolute atomic E-state index is 0.311. The van der Waals surface area contributed by atoms with E-state index in [1.807, 2.05) is 55.6 Å². The predicted molar refractivity (Wildman–Crippen MR) is 97.8 cm³/mol. The molecule has 1 atom stereocenters. The van der Waals surface area contributed by atoms with Gasteiger partial charge in [0.1, 0.15) is 0 Å². The monoisotopic (exact) mass is 352 g/mol. The summed E-state index contributed by atoms with van der Waals surface area (Å²) in [5.74, 6) is 0. The van der Waals surface area contributed by atoms with Crippen molar-refractivity contribution in [2.75, 3.05) is 6.54 Å². The molecule has 1 aliphatic heterocycles. The summed E-state index contributed by atoms with van der Waals surface area (Å²) in [6.07, 6.45) is 2.02. The van der Waals surface area contributed by atoms with E-state index in [9.17, 15) is 8.42 Å². The predicted octanol–water partition coefficient (Wildman–Crippen LogP) is 3.59. The first-order valence-corrected chi connectivity index (χ1v) is 9.80. The van der Waals surface area contributed by atoms with Crippen molar-refractivity contribution in [2.45, 2.75) is 24.4 Å². The summed E-state index contributed by atoms with van der Waals surface area (Å²) in [6.45, 7) is 3.15. The van der Waals surface area contributed by atoms with Crippen LogP contribution in [-0.2, 0) is 16.6 Å². The van der Waals surface area contributed by atoms with Crippen LogP contribution in [0.3, 0.4) is 0 Å². The number of fused-ring (bicyclic) bond motifs is 1. The van der Waals surface area contributed by atoms with Gasteiger partial charge in [0.2, 0.25) is 10.0 Å². The molecule has 0 spiro atoms. The number of sulfonamides is 1. The van der Waals surface area contributed by atoms with Gasteiger partial charge in [0.25, 0.3) is 0 Å². The molecule has 0 bridgehead atoms. The van der Waals surface area contributed by atoms with Crippen molar-refractivity contribution in [2.24, 2.45) is 0 Å². The third-order valence-corrected chi connectivity index (χ3v) is 6.62. The van der Waals surface area contributed by atoms with Gasteiger partial charge < -0.3 is 4.57 Å². The number of nitrogens with zero attached hydrogens (tertiary/aromatic N) is 2. The fourth-order valence-electron chi connectivity index (χ4n) is 3.43. The normalized spacial score (nSPS) is 18.0. The zero-order chi connectivity index (χ0) is 17.4. The van der Waals surface area contributed by atoms with E-state index < -0.39 is 10.0 Å². The number of hydrogen-bond acceptors (Lipinski definition) is 2. The van der Waals surface area contributed by atoms with Crippen LogP contribution in [0.25, 0.3) is 0 Å². The second kappa shape index (κ2) is 6.17. The second-order valence-corrected chi connectivity index (χ2v) is 8.26. The van der Waals surface area contributed by atoms with Crippen LogP contribution in [0.2, 0.25) is 0 Å². The maximum atomic E-state index is 13.3. The fraction of sp³-hybridized carbons (Fsp3) is 0.200. The Kier molecular flexibility index (Phi) is 3.98. The molecule has 3 aromatic rings. The number of aryl methyl sites for hydroxylation is 1. The summed E-state index contributed by atoms with van der Waals surface area (Å²) in [5.41, 5.74) is 3.16. The van der Waals surface area contributed by atoms with Crippen LogP contribution in [0.4, 0.5) is 0 Å². The van der Waals surface area contributed by atoms with Crippen LogP contribution in [0.5, 0.6) is 0 Å². The van der Waals surface area contributed by atoms with Crippen molar-refractivity contribution in [1.29, 1.82) is 0 Å². The van der Waals surface area contributed by atoms with Crippen LogP contribution >= 0.6 is 0 Å². The average molecular weight is 352 g/mol. The maximum absolute atomic E-state index is 13.3. The minimum atomic E-state index is -3.57. The van der Waals surface area contributed by atoms with Crippen LogP contribution in [0.15, 0.2) is 77.8 Å². The Balaban J connectivity index is 1.85. The Morgan fingerprint density at radius 1 is 0.880 bits per heavy atom. The Morgan fingerprint density at radius 2 is 1.60 bits per heavy atom. The van der Waals surface area contributed by atoms with E-state index in [-0.39, 0.29) is 6.04 Å². The van der Waals surface area contributed by atoms with Crippen molar-refractivity contribution in [1.82, 2.24) is 8.87 Å². The summed E-state index contributed by atoms with van der Waals surface area (Å²) < 4.78 is 30.3. The van der Waals surface area contributed by atoms with Crippen LogP contribution in [0, 0.1) is 6.92 Å². The molecule has 0 radical (unpaired) electrons. The van der Waals surface area contributed by atoms with E-state index in [0.717, 1.165) is 16.8 Å². The molecular formula is C20H20N2O2S.